The summed E-state index contributed by atoms with van der Waals surface area (Å²) in [5.74, 6) is 0.0736. The molecule has 1 saturated carbocycles. The minimum absolute atomic E-state index is 0.0736. The maximum absolute atomic E-state index is 12.1. The summed E-state index contributed by atoms with van der Waals surface area (Å²) in [6.07, 6.45) is 3.17. The Hall–Kier alpha value is -1.63. The standard InChI is InChI=1S/C11H11BrN4O2/c12-7-4-5-9-10(6-7)16(18)14-11(15(9)17)13-8-2-1-3-8/h4-6,8H,1-3H2,(H,13,14). The van der Waals surface area contributed by atoms with Crippen molar-refractivity contribution in [2.45, 2.75) is 25.3 Å². The third kappa shape index (κ3) is 1.84. The molecule has 0 bridgehead atoms. The lowest BCUT2D eigenvalue weighted by molar-refractivity contribution is -0.672. The molecule has 1 aliphatic carbocycles. The summed E-state index contributed by atoms with van der Waals surface area (Å²) in [5.41, 5.74) is 0.559. The van der Waals surface area contributed by atoms with Crippen molar-refractivity contribution in [2.24, 2.45) is 0 Å². The van der Waals surface area contributed by atoms with E-state index in [-0.39, 0.29) is 17.5 Å². The number of halogens is 1. The van der Waals surface area contributed by atoms with Crippen molar-refractivity contribution in [3.63, 3.8) is 0 Å². The minimum Gasteiger partial charge on any atom is -0.739 e. The summed E-state index contributed by atoms with van der Waals surface area (Å²) < 4.78 is 1.41. The third-order valence-corrected chi connectivity index (χ3v) is 3.67. The van der Waals surface area contributed by atoms with Gasteiger partial charge in [0.05, 0.1) is 6.04 Å². The van der Waals surface area contributed by atoms with E-state index in [4.69, 9.17) is 0 Å². The van der Waals surface area contributed by atoms with Gasteiger partial charge in [-0.25, -0.2) is 4.73 Å². The van der Waals surface area contributed by atoms with E-state index in [0.29, 0.717) is 15.1 Å². The van der Waals surface area contributed by atoms with Crippen molar-refractivity contribution in [1.29, 1.82) is 0 Å². The minimum atomic E-state index is 0.0736. The number of nitrogens with zero attached hydrogens (tertiary/aromatic N) is 3. The lowest BCUT2D eigenvalue weighted by atomic mass is 9.93. The molecule has 1 aromatic heterocycles. The highest BCUT2D eigenvalue weighted by atomic mass is 79.9. The number of anilines is 1. The topological polar surface area (TPSA) is 78.8 Å². The monoisotopic (exact) mass is 310 g/mol. The molecule has 1 aliphatic rings. The fraction of sp³-hybridized carbons (Fsp3) is 0.364. The molecule has 0 atom stereocenters. The molecule has 0 unspecified atom stereocenters. The lowest BCUT2D eigenvalue weighted by Gasteiger charge is -2.23. The first-order valence-electron chi connectivity index (χ1n) is 5.74. The summed E-state index contributed by atoms with van der Waals surface area (Å²) in [6.45, 7) is 0. The van der Waals surface area contributed by atoms with Crippen molar-refractivity contribution in [2.75, 3.05) is 5.32 Å². The zero-order valence-corrected chi connectivity index (χ0v) is 11.1. The molecule has 3 rings (SSSR count). The molecule has 0 amide bonds. The van der Waals surface area contributed by atoms with E-state index in [9.17, 15) is 10.4 Å². The maximum Gasteiger partial charge on any atom is 0.461 e. The zero-order chi connectivity index (χ0) is 12.7. The molecule has 0 saturated heterocycles. The number of hydrogen-bond acceptors (Lipinski definition) is 4. The summed E-state index contributed by atoms with van der Waals surface area (Å²) in [6, 6.07) is 5.17. The van der Waals surface area contributed by atoms with Crippen molar-refractivity contribution < 1.29 is 9.58 Å². The van der Waals surface area contributed by atoms with E-state index >= 15 is 0 Å². The van der Waals surface area contributed by atoms with E-state index in [0.717, 1.165) is 23.7 Å². The van der Waals surface area contributed by atoms with Gasteiger partial charge in [0.1, 0.15) is 0 Å². The predicted molar refractivity (Wildman–Crippen MR) is 68.6 cm³/mol. The molecule has 1 N–H and O–H groups in total. The van der Waals surface area contributed by atoms with Crippen LogP contribution in [-0.2, 0) is 0 Å². The molecule has 1 fully saturated rings. The Morgan fingerprint density at radius 2 is 2.06 bits per heavy atom. The Labute approximate surface area is 112 Å². The van der Waals surface area contributed by atoms with Crippen LogP contribution in [0, 0.1) is 10.4 Å². The highest BCUT2D eigenvalue weighted by Crippen LogP contribution is 2.21. The molecule has 1 aromatic carbocycles. The van der Waals surface area contributed by atoms with Crippen LogP contribution in [0.5, 0.6) is 0 Å². The maximum atomic E-state index is 12.1. The quantitative estimate of drug-likeness (QED) is 0.668. The molecule has 18 heavy (non-hydrogen) atoms. The van der Waals surface area contributed by atoms with Gasteiger partial charge >= 0.3 is 11.5 Å². The van der Waals surface area contributed by atoms with E-state index < -0.39 is 0 Å². The molecule has 0 aliphatic heterocycles. The molecule has 7 heteroatoms. The molecule has 6 nitrogen and oxygen atoms in total. The summed E-state index contributed by atoms with van der Waals surface area (Å²) >= 11 is 3.26. The van der Waals surface area contributed by atoms with Gasteiger partial charge in [-0.1, -0.05) is 15.9 Å². The lowest BCUT2D eigenvalue weighted by Crippen LogP contribution is -2.46. The van der Waals surface area contributed by atoms with Gasteiger partial charge in [-0.05, 0) is 31.4 Å². The highest BCUT2D eigenvalue weighted by molar-refractivity contribution is 9.10. The normalized spacial score (nSPS) is 15.6. The van der Waals surface area contributed by atoms with Crippen LogP contribution in [0.3, 0.4) is 0 Å². The average Bonchev–Trinajstić information content (AvgIpc) is 2.29. The molecular formula is C11H11BrN4O2. The smallest absolute Gasteiger partial charge is 0.461 e. The predicted octanol–water partition coefficient (Wildman–Crippen LogP) is 1.23. The number of rotatable bonds is 2. The third-order valence-electron chi connectivity index (χ3n) is 3.18. The first-order chi connectivity index (χ1) is 8.65. The number of hydrogen-bond donors (Lipinski definition) is 1. The molecule has 0 radical (unpaired) electrons. The van der Waals surface area contributed by atoms with Crippen LogP contribution in [0.15, 0.2) is 22.7 Å². The van der Waals surface area contributed by atoms with Crippen molar-refractivity contribution in [3.05, 3.63) is 33.1 Å². The van der Waals surface area contributed by atoms with E-state index in [1.807, 2.05) is 0 Å². The van der Waals surface area contributed by atoms with Gasteiger partial charge in [-0.2, -0.15) is 0 Å². The number of benzene rings is 1. The SMILES string of the molecule is [O-][n+]1nc(NC2CCC2)[n+]([O-])c2ccc(Br)cc21. The fourth-order valence-corrected chi connectivity index (χ4v) is 2.29. The Bertz CT molecular complexity index is 616. The Morgan fingerprint density at radius 3 is 2.72 bits per heavy atom. The van der Waals surface area contributed by atoms with Crippen LogP contribution in [0.1, 0.15) is 19.3 Å². The summed E-state index contributed by atoms with van der Waals surface area (Å²) in [7, 11) is 0. The fourth-order valence-electron chi connectivity index (χ4n) is 1.94. The Kier molecular flexibility index (Phi) is 2.70. The Balaban J connectivity index is 2.10. The largest absolute Gasteiger partial charge is 0.739 e. The second kappa shape index (κ2) is 4.24. The molecule has 94 valence electrons. The van der Waals surface area contributed by atoms with E-state index in [2.05, 4.69) is 26.3 Å². The van der Waals surface area contributed by atoms with Gasteiger partial charge in [0.15, 0.2) is 5.52 Å². The molecule has 0 spiro atoms. The van der Waals surface area contributed by atoms with Crippen molar-refractivity contribution in [1.82, 2.24) is 5.10 Å². The molecule has 2 aromatic rings. The van der Waals surface area contributed by atoms with Gasteiger partial charge < -0.3 is 10.4 Å². The average molecular weight is 311 g/mol. The van der Waals surface area contributed by atoms with Crippen molar-refractivity contribution in [3.8, 4) is 0 Å². The van der Waals surface area contributed by atoms with Gasteiger partial charge in [-0.15, -0.1) is 0 Å². The van der Waals surface area contributed by atoms with Crippen LogP contribution in [0.4, 0.5) is 5.95 Å². The van der Waals surface area contributed by atoms with Crippen LogP contribution in [0.2, 0.25) is 0 Å². The zero-order valence-electron chi connectivity index (χ0n) is 9.47. The number of nitrogens with one attached hydrogen (secondary N) is 1. The van der Waals surface area contributed by atoms with Crippen molar-refractivity contribution >= 4 is 32.9 Å². The molecule has 1 heterocycles. The highest BCUT2D eigenvalue weighted by Gasteiger charge is 2.27. The second-order valence-electron chi connectivity index (χ2n) is 4.40. The second-order valence-corrected chi connectivity index (χ2v) is 5.31. The number of aromatic nitrogens is 3. The van der Waals surface area contributed by atoms with Crippen LogP contribution in [0.25, 0.3) is 11.0 Å². The van der Waals surface area contributed by atoms with Gasteiger partial charge in [0.25, 0.3) is 0 Å². The van der Waals surface area contributed by atoms with Crippen LogP contribution in [-0.4, -0.2) is 11.1 Å². The van der Waals surface area contributed by atoms with Crippen LogP contribution < -0.4 is 14.9 Å². The van der Waals surface area contributed by atoms with Crippen LogP contribution >= 0.6 is 15.9 Å². The first-order valence-corrected chi connectivity index (χ1v) is 6.53. The Morgan fingerprint density at radius 1 is 1.28 bits per heavy atom. The van der Waals surface area contributed by atoms with Gasteiger partial charge in [-0.3, -0.25) is 5.32 Å². The van der Waals surface area contributed by atoms with E-state index in [1.54, 1.807) is 18.2 Å². The van der Waals surface area contributed by atoms with E-state index in [1.165, 1.54) is 0 Å². The summed E-state index contributed by atoms with van der Waals surface area (Å²) in [4.78, 5) is 0.482. The first kappa shape index (κ1) is 11.5. The number of fused-ring (bicyclic) bond motifs is 1. The summed E-state index contributed by atoms with van der Waals surface area (Å²) in [5, 5.41) is 30.6. The van der Waals surface area contributed by atoms with Gasteiger partial charge in [0, 0.05) is 15.4 Å². The molecular weight excluding hydrogens is 300 g/mol. The van der Waals surface area contributed by atoms with Gasteiger partial charge in [0.2, 0.25) is 5.10 Å².